The zero-order chi connectivity index (χ0) is 13.4. The first-order valence-electron chi connectivity index (χ1n) is 5.50. The number of nitrogen functional groups attached to an aromatic ring is 1. The maximum absolute atomic E-state index is 13.3. The van der Waals surface area contributed by atoms with Crippen LogP contribution in [-0.4, -0.2) is 9.97 Å². The number of anilines is 1. The second-order valence-electron chi connectivity index (χ2n) is 4.00. The summed E-state index contributed by atoms with van der Waals surface area (Å²) in [5.41, 5.74) is 7.77. The number of nitrogens with one attached hydrogen (secondary N) is 1. The van der Waals surface area contributed by atoms with Crippen molar-refractivity contribution in [2.24, 2.45) is 0 Å². The number of ether oxygens (including phenoxy) is 1. The van der Waals surface area contributed by atoms with Gasteiger partial charge >= 0.3 is 0 Å². The van der Waals surface area contributed by atoms with Crippen LogP contribution in [0.1, 0.15) is 0 Å². The summed E-state index contributed by atoms with van der Waals surface area (Å²) in [6.45, 7) is 0. The Kier molecular flexibility index (Phi) is 2.76. The number of aromatic nitrogens is 2. The van der Waals surface area contributed by atoms with E-state index < -0.39 is 5.82 Å². The number of imidazole rings is 1. The fourth-order valence-electron chi connectivity index (χ4n) is 1.70. The molecule has 0 aliphatic rings. The second-order valence-corrected chi connectivity index (χ2v) is 4.40. The van der Waals surface area contributed by atoms with E-state index in [1.165, 1.54) is 12.1 Å². The average Bonchev–Trinajstić information content (AvgIpc) is 2.75. The monoisotopic (exact) mass is 277 g/mol. The molecule has 3 aromatic rings. The third-order valence-electron chi connectivity index (χ3n) is 2.59. The van der Waals surface area contributed by atoms with E-state index in [4.69, 9.17) is 22.1 Å². The normalized spacial score (nSPS) is 10.8. The van der Waals surface area contributed by atoms with Gasteiger partial charge in [-0.25, -0.2) is 4.39 Å². The summed E-state index contributed by atoms with van der Waals surface area (Å²) in [6, 6.07) is 9.72. The third kappa shape index (κ3) is 2.32. The van der Waals surface area contributed by atoms with Crippen LogP contribution in [0, 0.1) is 5.82 Å². The topological polar surface area (TPSA) is 63.9 Å². The van der Waals surface area contributed by atoms with Gasteiger partial charge in [-0.2, -0.15) is 4.98 Å². The Morgan fingerprint density at radius 1 is 1.21 bits per heavy atom. The van der Waals surface area contributed by atoms with E-state index in [2.05, 4.69) is 9.97 Å². The highest BCUT2D eigenvalue weighted by Gasteiger charge is 2.07. The van der Waals surface area contributed by atoms with E-state index in [-0.39, 0.29) is 11.0 Å². The van der Waals surface area contributed by atoms with Crippen LogP contribution < -0.4 is 10.5 Å². The summed E-state index contributed by atoms with van der Waals surface area (Å²) < 4.78 is 18.7. The maximum Gasteiger partial charge on any atom is 0.300 e. The van der Waals surface area contributed by atoms with Gasteiger partial charge in [-0.1, -0.05) is 11.6 Å². The van der Waals surface area contributed by atoms with Crippen LogP contribution in [0.2, 0.25) is 5.02 Å². The SMILES string of the molecule is Nc1ccc2nc(Oc3ccc(Cl)c(F)c3)[nH]c2c1. The number of rotatable bonds is 2. The Morgan fingerprint density at radius 3 is 2.84 bits per heavy atom. The molecule has 0 unspecified atom stereocenters. The number of H-pyrrole nitrogens is 1. The first-order valence-corrected chi connectivity index (χ1v) is 5.88. The van der Waals surface area contributed by atoms with Crippen molar-refractivity contribution in [1.29, 1.82) is 0 Å². The third-order valence-corrected chi connectivity index (χ3v) is 2.90. The molecule has 0 atom stereocenters. The van der Waals surface area contributed by atoms with Crippen LogP contribution in [0.3, 0.4) is 0 Å². The molecule has 19 heavy (non-hydrogen) atoms. The molecule has 96 valence electrons. The number of hydrogen-bond acceptors (Lipinski definition) is 3. The van der Waals surface area contributed by atoms with Crippen LogP contribution in [0.5, 0.6) is 11.8 Å². The Morgan fingerprint density at radius 2 is 2.05 bits per heavy atom. The highest BCUT2D eigenvalue weighted by molar-refractivity contribution is 6.30. The molecule has 0 radical (unpaired) electrons. The van der Waals surface area contributed by atoms with Gasteiger partial charge in [0.25, 0.3) is 6.01 Å². The summed E-state index contributed by atoms with van der Waals surface area (Å²) in [6.07, 6.45) is 0. The number of nitrogens with zero attached hydrogens (tertiary/aromatic N) is 1. The molecule has 4 nitrogen and oxygen atoms in total. The molecule has 1 heterocycles. The molecular weight excluding hydrogens is 269 g/mol. The summed E-state index contributed by atoms with van der Waals surface area (Å²) in [5, 5.41) is 0.0460. The molecule has 0 fully saturated rings. The number of fused-ring (bicyclic) bond motifs is 1. The minimum absolute atomic E-state index is 0.0460. The van der Waals surface area contributed by atoms with Crippen LogP contribution in [-0.2, 0) is 0 Å². The van der Waals surface area contributed by atoms with Crippen LogP contribution in [0.25, 0.3) is 11.0 Å². The lowest BCUT2D eigenvalue weighted by Crippen LogP contribution is -1.87. The van der Waals surface area contributed by atoms with Crippen LogP contribution in [0.4, 0.5) is 10.1 Å². The van der Waals surface area contributed by atoms with Crippen LogP contribution >= 0.6 is 11.6 Å². The van der Waals surface area contributed by atoms with Crippen molar-refractivity contribution in [3.05, 3.63) is 47.2 Å². The van der Waals surface area contributed by atoms with Crippen LogP contribution in [0.15, 0.2) is 36.4 Å². The Bertz CT molecular complexity index is 757. The maximum atomic E-state index is 13.3. The van der Waals surface area contributed by atoms with Gasteiger partial charge in [0.05, 0.1) is 16.1 Å². The largest absolute Gasteiger partial charge is 0.426 e. The number of halogens is 2. The lowest BCUT2D eigenvalue weighted by atomic mass is 10.3. The lowest BCUT2D eigenvalue weighted by Gasteiger charge is -2.02. The van der Waals surface area contributed by atoms with Crippen molar-refractivity contribution in [1.82, 2.24) is 9.97 Å². The molecule has 0 bridgehead atoms. The van der Waals surface area contributed by atoms with Gasteiger partial charge in [-0.15, -0.1) is 0 Å². The smallest absolute Gasteiger partial charge is 0.300 e. The van der Waals surface area contributed by atoms with Crippen molar-refractivity contribution < 1.29 is 9.13 Å². The molecule has 0 aliphatic heterocycles. The first-order chi connectivity index (χ1) is 9.11. The van der Waals surface area contributed by atoms with Crippen molar-refractivity contribution in [3.8, 4) is 11.8 Å². The minimum Gasteiger partial charge on any atom is -0.426 e. The fraction of sp³-hybridized carbons (Fsp3) is 0. The Labute approximate surface area is 113 Å². The number of benzene rings is 2. The van der Waals surface area contributed by atoms with Gasteiger partial charge in [0.1, 0.15) is 11.6 Å². The quantitative estimate of drug-likeness (QED) is 0.702. The summed E-state index contributed by atoms with van der Waals surface area (Å²) in [7, 11) is 0. The molecule has 2 aromatic carbocycles. The van der Waals surface area contributed by atoms with Gasteiger partial charge in [0.2, 0.25) is 0 Å². The second kappa shape index (κ2) is 4.44. The van der Waals surface area contributed by atoms with E-state index in [0.29, 0.717) is 11.4 Å². The zero-order valence-corrected chi connectivity index (χ0v) is 10.4. The van der Waals surface area contributed by atoms with E-state index in [1.54, 1.807) is 24.3 Å². The van der Waals surface area contributed by atoms with Gasteiger partial charge in [-0.3, -0.25) is 0 Å². The zero-order valence-electron chi connectivity index (χ0n) is 9.65. The molecule has 0 saturated carbocycles. The number of hydrogen-bond donors (Lipinski definition) is 2. The predicted octanol–water partition coefficient (Wildman–Crippen LogP) is 3.73. The summed E-state index contributed by atoms with van der Waals surface area (Å²) in [5.74, 6) is -0.228. The molecular formula is C13H9ClFN3O. The Balaban J connectivity index is 1.94. The lowest BCUT2D eigenvalue weighted by molar-refractivity contribution is 0.445. The fourth-order valence-corrected chi connectivity index (χ4v) is 1.82. The number of nitrogens with two attached hydrogens (primary N) is 1. The number of aromatic amines is 1. The van der Waals surface area contributed by atoms with Gasteiger partial charge in [0, 0.05) is 11.8 Å². The highest BCUT2D eigenvalue weighted by Crippen LogP contribution is 2.26. The van der Waals surface area contributed by atoms with Crippen molar-refractivity contribution in [3.63, 3.8) is 0 Å². The predicted molar refractivity (Wildman–Crippen MR) is 72.0 cm³/mol. The minimum atomic E-state index is -0.542. The Hall–Kier alpha value is -2.27. The molecule has 3 N–H and O–H groups in total. The molecule has 0 aliphatic carbocycles. The van der Waals surface area contributed by atoms with E-state index in [1.807, 2.05) is 0 Å². The molecule has 1 aromatic heterocycles. The van der Waals surface area contributed by atoms with Crippen molar-refractivity contribution >= 4 is 28.3 Å². The van der Waals surface area contributed by atoms with Gasteiger partial charge < -0.3 is 15.5 Å². The molecule has 0 saturated heterocycles. The standard InChI is InChI=1S/C13H9ClFN3O/c14-9-3-2-8(6-10(9)15)19-13-17-11-4-1-7(16)5-12(11)18-13/h1-6H,16H2,(H,17,18). The van der Waals surface area contributed by atoms with Crippen molar-refractivity contribution in [2.45, 2.75) is 0 Å². The average molecular weight is 278 g/mol. The van der Waals surface area contributed by atoms with E-state index in [9.17, 15) is 4.39 Å². The highest BCUT2D eigenvalue weighted by atomic mass is 35.5. The molecule has 3 rings (SSSR count). The molecule has 0 amide bonds. The summed E-state index contributed by atoms with van der Waals surface area (Å²) >= 11 is 5.60. The van der Waals surface area contributed by atoms with Gasteiger partial charge in [-0.05, 0) is 30.3 Å². The van der Waals surface area contributed by atoms with E-state index in [0.717, 1.165) is 11.0 Å². The van der Waals surface area contributed by atoms with Gasteiger partial charge in [0.15, 0.2) is 0 Å². The first kappa shape index (κ1) is 11.8. The molecule has 0 spiro atoms. The van der Waals surface area contributed by atoms with Crippen molar-refractivity contribution in [2.75, 3.05) is 5.73 Å². The van der Waals surface area contributed by atoms with E-state index >= 15 is 0 Å². The molecule has 6 heteroatoms. The summed E-state index contributed by atoms with van der Waals surface area (Å²) in [4.78, 5) is 7.16.